The van der Waals surface area contributed by atoms with Gasteiger partial charge in [-0.05, 0) is 20.8 Å². The molecule has 0 atom stereocenters. The van der Waals surface area contributed by atoms with Gasteiger partial charge in [0, 0.05) is 25.3 Å². The Morgan fingerprint density at radius 2 is 2.10 bits per heavy atom. The van der Waals surface area contributed by atoms with Crippen LogP contribution in [0.2, 0.25) is 0 Å². The van der Waals surface area contributed by atoms with Gasteiger partial charge in [-0.3, -0.25) is 0 Å². The van der Waals surface area contributed by atoms with Crippen molar-refractivity contribution in [3.8, 4) is 0 Å². The van der Waals surface area contributed by atoms with E-state index in [1.807, 2.05) is 6.92 Å². The predicted molar refractivity (Wildman–Crippen MR) is 45.7 cm³/mol. The highest BCUT2D eigenvalue weighted by atomic mass is 15.1. The molecule has 2 heteroatoms. The molecule has 0 bridgehead atoms. The minimum atomic E-state index is 0.537. The van der Waals surface area contributed by atoms with Crippen molar-refractivity contribution in [3.63, 3.8) is 0 Å². The van der Waals surface area contributed by atoms with Gasteiger partial charge in [-0.25, -0.2) is 0 Å². The van der Waals surface area contributed by atoms with Gasteiger partial charge < -0.3 is 10.6 Å². The van der Waals surface area contributed by atoms with E-state index in [1.54, 1.807) is 0 Å². The first-order valence-electron chi connectivity index (χ1n) is 3.71. The van der Waals surface area contributed by atoms with Crippen LogP contribution in [0.5, 0.6) is 0 Å². The van der Waals surface area contributed by atoms with Crippen LogP contribution < -0.4 is 5.73 Å². The Morgan fingerprint density at radius 3 is 2.20 bits per heavy atom. The second-order valence-corrected chi connectivity index (χ2v) is 2.69. The lowest BCUT2D eigenvalue weighted by molar-refractivity contribution is 0.339. The molecule has 0 aliphatic heterocycles. The number of nitrogens with two attached hydrogens (primary N) is 1. The maximum atomic E-state index is 5.51. The number of hydrogen-bond acceptors (Lipinski definition) is 2. The lowest BCUT2D eigenvalue weighted by Crippen LogP contribution is -2.29. The summed E-state index contributed by atoms with van der Waals surface area (Å²) in [5, 5.41) is 0. The van der Waals surface area contributed by atoms with Gasteiger partial charge in [-0.2, -0.15) is 0 Å². The zero-order valence-electron chi connectivity index (χ0n) is 7.39. The summed E-state index contributed by atoms with van der Waals surface area (Å²) in [6.45, 7) is 6.95. The zero-order chi connectivity index (χ0) is 8.15. The molecule has 0 aromatic rings. The van der Waals surface area contributed by atoms with E-state index < -0.39 is 0 Å². The molecule has 0 saturated heterocycles. The molecule has 0 rings (SSSR count). The smallest absolute Gasteiger partial charge is 0.0327 e. The first-order chi connectivity index (χ1) is 4.63. The highest BCUT2D eigenvalue weighted by Crippen LogP contribution is 2.03. The van der Waals surface area contributed by atoms with Crippen LogP contribution in [0, 0.1) is 0 Å². The molecule has 0 aromatic carbocycles. The molecule has 0 amide bonds. The quantitative estimate of drug-likeness (QED) is 0.641. The summed E-state index contributed by atoms with van der Waals surface area (Å²) < 4.78 is 0. The van der Waals surface area contributed by atoms with E-state index in [4.69, 9.17) is 5.73 Å². The average Bonchev–Trinajstić information content (AvgIpc) is 1.90. The molecule has 0 spiro atoms. The molecule has 2 nitrogen and oxygen atoms in total. The fourth-order valence-corrected chi connectivity index (χ4v) is 0.797. The molecule has 0 aliphatic carbocycles. The number of likely N-dealkylation sites (N-methyl/N-ethyl adjacent to an activating group) is 1. The molecule has 60 valence electrons. The van der Waals surface area contributed by atoms with Crippen molar-refractivity contribution in [3.05, 3.63) is 11.8 Å². The number of hydrogen-bond donors (Lipinski definition) is 1. The summed E-state index contributed by atoms with van der Waals surface area (Å²) in [5.41, 5.74) is 6.72. The predicted octanol–water partition coefficient (Wildman–Crippen LogP) is 1.19. The topological polar surface area (TPSA) is 29.3 Å². The Balaban J connectivity index is 4.03. The van der Waals surface area contributed by atoms with Crippen LogP contribution in [0.1, 0.15) is 20.8 Å². The van der Waals surface area contributed by atoms with Gasteiger partial charge in [0.05, 0.1) is 0 Å². The zero-order valence-corrected chi connectivity index (χ0v) is 7.39. The van der Waals surface area contributed by atoms with Crippen molar-refractivity contribution >= 4 is 0 Å². The van der Waals surface area contributed by atoms with Gasteiger partial charge in [0.1, 0.15) is 0 Å². The first-order valence-corrected chi connectivity index (χ1v) is 3.71. The average molecular weight is 142 g/mol. The van der Waals surface area contributed by atoms with Crippen LogP contribution in [0.15, 0.2) is 11.8 Å². The summed E-state index contributed by atoms with van der Waals surface area (Å²) in [4.78, 5) is 2.18. The molecule has 0 fully saturated rings. The minimum absolute atomic E-state index is 0.537. The van der Waals surface area contributed by atoms with Crippen molar-refractivity contribution in [1.29, 1.82) is 0 Å². The summed E-state index contributed by atoms with van der Waals surface area (Å²) >= 11 is 0. The normalized spacial score (nSPS) is 12.4. The Hall–Kier alpha value is -0.500. The molecular weight excluding hydrogens is 124 g/mol. The van der Waals surface area contributed by atoms with Gasteiger partial charge in [0.15, 0.2) is 0 Å². The summed E-state index contributed by atoms with van der Waals surface area (Å²) in [6.07, 6.45) is 2.06. The Bertz CT molecular complexity index is 116. The number of nitrogens with zero attached hydrogens (tertiary/aromatic N) is 1. The van der Waals surface area contributed by atoms with E-state index in [0.717, 1.165) is 0 Å². The fourth-order valence-electron chi connectivity index (χ4n) is 0.797. The largest absolute Gasteiger partial charge is 0.375 e. The molecule has 0 aromatic heterocycles. The molecule has 0 unspecified atom stereocenters. The molecule has 10 heavy (non-hydrogen) atoms. The maximum Gasteiger partial charge on any atom is 0.0327 e. The van der Waals surface area contributed by atoms with Crippen molar-refractivity contribution in [2.75, 3.05) is 13.6 Å². The number of rotatable bonds is 3. The van der Waals surface area contributed by atoms with Gasteiger partial charge in [0.25, 0.3) is 0 Å². The van der Waals surface area contributed by atoms with Gasteiger partial charge in [-0.15, -0.1) is 0 Å². The highest BCUT2D eigenvalue weighted by molar-refractivity contribution is 5.00. The standard InChI is InChI=1S/C8H18N2/c1-5-8(6-9)10(4)7(2)3/h5,7H,6,9H2,1-4H3/b8-5+. The SMILES string of the molecule is C/C=C(\CN)N(C)C(C)C. The van der Waals surface area contributed by atoms with Gasteiger partial charge in [-0.1, -0.05) is 6.08 Å². The monoisotopic (exact) mass is 142 g/mol. The van der Waals surface area contributed by atoms with Crippen molar-refractivity contribution in [2.45, 2.75) is 26.8 Å². The maximum absolute atomic E-state index is 5.51. The van der Waals surface area contributed by atoms with E-state index in [0.29, 0.717) is 12.6 Å². The van der Waals surface area contributed by atoms with Crippen LogP contribution in [-0.2, 0) is 0 Å². The van der Waals surface area contributed by atoms with E-state index in [1.165, 1.54) is 5.70 Å². The van der Waals surface area contributed by atoms with Crippen LogP contribution in [0.3, 0.4) is 0 Å². The van der Waals surface area contributed by atoms with E-state index >= 15 is 0 Å². The third-order valence-electron chi connectivity index (χ3n) is 1.77. The molecule has 0 aliphatic rings. The lowest BCUT2D eigenvalue weighted by atomic mass is 10.3. The summed E-state index contributed by atoms with van der Waals surface area (Å²) in [6, 6.07) is 0.537. The summed E-state index contributed by atoms with van der Waals surface area (Å²) in [7, 11) is 2.06. The fraction of sp³-hybridized carbons (Fsp3) is 0.750. The van der Waals surface area contributed by atoms with E-state index in [9.17, 15) is 0 Å². The van der Waals surface area contributed by atoms with Crippen molar-refractivity contribution < 1.29 is 0 Å². The van der Waals surface area contributed by atoms with Gasteiger partial charge >= 0.3 is 0 Å². The molecular formula is C8H18N2. The van der Waals surface area contributed by atoms with Crippen molar-refractivity contribution in [1.82, 2.24) is 4.90 Å². The molecule has 2 N–H and O–H groups in total. The van der Waals surface area contributed by atoms with Crippen LogP contribution in [0.25, 0.3) is 0 Å². The van der Waals surface area contributed by atoms with E-state index in [-0.39, 0.29) is 0 Å². The Labute approximate surface area is 63.7 Å². The number of allylic oxidation sites excluding steroid dienone is 1. The Kier molecular flexibility index (Phi) is 4.12. The third-order valence-corrected chi connectivity index (χ3v) is 1.77. The molecule has 0 radical (unpaired) electrons. The molecule has 0 heterocycles. The second kappa shape index (κ2) is 4.34. The summed E-state index contributed by atoms with van der Waals surface area (Å²) in [5.74, 6) is 0. The van der Waals surface area contributed by atoms with Crippen LogP contribution >= 0.6 is 0 Å². The first kappa shape index (κ1) is 9.50. The Morgan fingerprint density at radius 1 is 1.60 bits per heavy atom. The third kappa shape index (κ3) is 2.40. The second-order valence-electron chi connectivity index (χ2n) is 2.69. The van der Waals surface area contributed by atoms with E-state index in [2.05, 4.69) is 31.9 Å². The van der Waals surface area contributed by atoms with Gasteiger partial charge in [0.2, 0.25) is 0 Å². The minimum Gasteiger partial charge on any atom is -0.375 e. The lowest BCUT2D eigenvalue weighted by Gasteiger charge is -2.25. The highest BCUT2D eigenvalue weighted by Gasteiger charge is 2.03. The van der Waals surface area contributed by atoms with Crippen molar-refractivity contribution in [2.24, 2.45) is 5.73 Å². The van der Waals surface area contributed by atoms with Crippen LogP contribution in [-0.4, -0.2) is 24.5 Å². The molecule has 0 saturated carbocycles. The van der Waals surface area contributed by atoms with Crippen LogP contribution in [0.4, 0.5) is 0 Å².